The quantitative estimate of drug-likeness (QED) is 0.929. The lowest BCUT2D eigenvalue weighted by molar-refractivity contribution is 0.0938. The molecule has 0 saturated heterocycles. The fourth-order valence-electron chi connectivity index (χ4n) is 2.16. The van der Waals surface area contributed by atoms with Crippen molar-refractivity contribution >= 4 is 5.91 Å². The van der Waals surface area contributed by atoms with Gasteiger partial charge < -0.3 is 14.5 Å². The summed E-state index contributed by atoms with van der Waals surface area (Å²) in [5, 5.41) is 2.96. The van der Waals surface area contributed by atoms with E-state index >= 15 is 0 Å². The minimum atomic E-state index is -0.147. The highest BCUT2D eigenvalue weighted by Gasteiger charge is 2.17. The zero-order valence-corrected chi connectivity index (χ0v) is 12.2. The van der Waals surface area contributed by atoms with Crippen molar-refractivity contribution in [2.24, 2.45) is 0 Å². The van der Waals surface area contributed by atoms with Gasteiger partial charge in [-0.3, -0.25) is 4.79 Å². The Bertz CT molecular complexity index is 616. The lowest BCUT2D eigenvalue weighted by atomic mass is 10.0. The second kappa shape index (κ2) is 5.82. The smallest absolute Gasteiger partial charge is 0.255 e. The average Bonchev–Trinajstić information content (AvgIpc) is 2.85. The average molecular weight is 273 g/mol. The molecule has 1 N–H and O–H groups in total. The van der Waals surface area contributed by atoms with Crippen LogP contribution in [0.1, 0.15) is 40.2 Å². The topological polar surface area (TPSA) is 51.5 Å². The van der Waals surface area contributed by atoms with Crippen molar-refractivity contribution in [3.8, 4) is 5.75 Å². The molecular weight excluding hydrogens is 254 g/mol. The number of aryl methyl sites for hydroxylation is 2. The van der Waals surface area contributed by atoms with Gasteiger partial charge in [0.25, 0.3) is 5.91 Å². The first-order chi connectivity index (χ1) is 9.52. The Kier molecular flexibility index (Phi) is 4.13. The van der Waals surface area contributed by atoms with Gasteiger partial charge in [-0.25, -0.2) is 0 Å². The van der Waals surface area contributed by atoms with Crippen molar-refractivity contribution in [2.75, 3.05) is 7.11 Å². The molecule has 1 unspecified atom stereocenters. The van der Waals surface area contributed by atoms with Gasteiger partial charge in [0.2, 0.25) is 0 Å². The van der Waals surface area contributed by atoms with E-state index in [0.717, 1.165) is 16.9 Å². The Morgan fingerprint density at radius 2 is 2.05 bits per heavy atom. The lowest BCUT2D eigenvalue weighted by Crippen LogP contribution is -2.27. The summed E-state index contributed by atoms with van der Waals surface area (Å²) in [5.41, 5.74) is 2.65. The van der Waals surface area contributed by atoms with Gasteiger partial charge in [0.05, 0.1) is 25.0 Å². The van der Waals surface area contributed by atoms with Crippen LogP contribution in [0.3, 0.4) is 0 Å². The van der Waals surface area contributed by atoms with Gasteiger partial charge in [0.15, 0.2) is 0 Å². The Hall–Kier alpha value is -2.23. The summed E-state index contributed by atoms with van der Waals surface area (Å²) in [5.74, 6) is 1.24. The lowest BCUT2D eigenvalue weighted by Gasteiger charge is -2.17. The highest BCUT2D eigenvalue weighted by Crippen LogP contribution is 2.26. The largest absolute Gasteiger partial charge is 0.496 e. The number of carbonyl (C=O) groups excluding carboxylic acids is 1. The van der Waals surface area contributed by atoms with Gasteiger partial charge in [-0.2, -0.15) is 0 Å². The number of carbonyl (C=O) groups is 1. The number of rotatable bonds is 4. The summed E-state index contributed by atoms with van der Waals surface area (Å²) >= 11 is 0. The molecule has 0 radical (unpaired) electrons. The van der Waals surface area contributed by atoms with Crippen LogP contribution in [0.2, 0.25) is 0 Å². The Morgan fingerprint density at radius 1 is 1.30 bits per heavy atom. The molecule has 4 nitrogen and oxygen atoms in total. The predicted molar refractivity (Wildman–Crippen MR) is 77.1 cm³/mol. The van der Waals surface area contributed by atoms with Crippen LogP contribution in [-0.4, -0.2) is 13.0 Å². The minimum absolute atomic E-state index is 0.146. The first-order valence-electron chi connectivity index (χ1n) is 6.52. The van der Waals surface area contributed by atoms with Gasteiger partial charge in [-0.15, -0.1) is 0 Å². The van der Waals surface area contributed by atoms with E-state index in [0.29, 0.717) is 11.3 Å². The summed E-state index contributed by atoms with van der Waals surface area (Å²) in [7, 11) is 1.63. The van der Waals surface area contributed by atoms with Gasteiger partial charge in [-0.05, 0) is 32.9 Å². The molecule has 106 valence electrons. The first-order valence-corrected chi connectivity index (χ1v) is 6.52. The molecule has 2 aromatic rings. The number of amides is 1. The van der Waals surface area contributed by atoms with Crippen LogP contribution in [0.5, 0.6) is 5.75 Å². The van der Waals surface area contributed by atoms with E-state index in [9.17, 15) is 4.79 Å². The van der Waals surface area contributed by atoms with E-state index in [1.807, 2.05) is 32.0 Å². The number of nitrogens with one attached hydrogen (secondary N) is 1. The SMILES string of the molecule is COc1ccc(C)cc1C(C)NC(=O)c1ccoc1C. The minimum Gasteiger partial charge on any atom is -0.496 e. The third-order valence-electron chi connectivity index (χ3n) is 3.30. The second-order valence-corrected chi connectivity index (χ2v) is 4.83. The third kappa shape index (κ3) is 2.85. The number of hydrogen-bond acceptors (Lipinski definition) is 3. The van der Waals surface area contributed by atoms with Crippen LogP contribution in [0.25, 0.3) is 0 Å². The highest BCUT2D eigenvalue weighted by molar-refractivity contribution is 5.95. The molecule has 4 heteroatoms. The zero-order chi connectivity index (χ0) is 14.7. The molecule has 20 heavy (non-hydrogen) atoms. The number of hydrogen-bond donors (Lipinski definition) is 1. The molecule has 1 aromatic heterocycles. The Labute approximate surface area is 118 Å². The van der Waals surface area contributed by atoms with E-state index in [4.69, 9.17) is 9.15 Å². The van der Waals surface area contributed by atoms with Crippen LogP contribution < -0.4 is 10.1 Å². The molecule has 0 bridgehead atoms. The van der Waals surface area contributed by atoms with E-state index in [1.54, 1.807) is 20.1 Å². The summed E-state index contributed by atoms with van der Waals surface area (Å²) in [6.07, 6.45) is 1.52. The van der Waals surface area contributed by atoms with Crippen molar-refractivity contribution in [1.29, 1.82) is 0 Å². The number of ether oxygens (including phenoxy) is 1. The van der Waals surface area contributed by atoms with Crippen molar-refractivity contribution in [2.45, 2.75) is 26.8 Å². The van der Waals surface area contributed by atoms with Crippen LogP contribution in [0.4, 0.5) is 0 Å². The number of furan rings is 1. The molecule has 2 rings (SSSR count). The molecule has 0 aliphatic rings. The van der Waals surface area contributed by atoms with Crippen LogP contribution in [-0.2, 0) is 0 Å². The molecule has 1 aromatic carbocycles. The number of benzene rings is 1. The molecule has 0 aliphatic carbocycles. The molecule has 1 heterocycles. The number of methoxy groups -OCH3 is 1. The molecule has 1 atom stereocenters. The second-order valence-electron chi connectivity index (χ2n) is 4.83. The standard InChI is InChI=1S/C16H19NO3/c1-10-5-6-15(19-4)14(9-10)11(2)17-16(18)13-7-8-20-12(13)3/h5-9,11H,1-4H3,(H,17,18). The Morgan fingerprint density at radius 3 is 2.65 bits per heavy atom. The molecule has 0 saturated carbocycles. The predicted octanol–water partition coefficient (Wildman–Crippen LogP) is 3.40. The van der Waals surface area contributed by atoms with E-state index in [-0.39, 0.29) is 11.9 Å². The summed E-state index contributed by atoms with van der Waals surface area (Å²) in [6, 6.07) is 7.44. The van der Waals surface area contributed by atoms with Crippen molar-refractivity contribution < 1.29 is 13.9 Å². The first kappa shape index (κ1) is 14.2. The van der Waals surface area contributed by atoms with Crippen LogP contribution in [0.15, 0.2) is 34.9 Å². The van der Waals surface area contributed by atoms with Crippen LogP contribution in [0, 0.1) is 13.8 Å². The maximum atomic E-state index is 12.2. The van der Waals surface area contributed by atoms with Gasteiger partial charge in [0, 0.05) is 5.56 Å². The van der Waals surface area contributed by atoms with E-state index in [2.05, 4.69) is 5.32 Å². The Balaban J connectivity index is 2.20. The van der Waals surface area contributed by atoms with E-state index < -0.39 is 0 Å². The molecule has 0 spiro atoms. The fourth-order valence-corrected chi connectivity index (χ4v) is 2.16. The van der Waals surface area contributed by atoms with Crippen molar-refractivity contribution in [3.05, 3.63) is 53.0 Å². The highest BCUT2D eigenvalue weighted by atomic mass is 16.5. The fraction of sp³-hybridized carbons (Fsp3) is 0.312. The van der Waals surface area contributed by atoms with E-state index in [1.165, 1.54) is 6.26 Å². The third-order valence-corrected chi connectivity index (χ3v) is 3.30. The van der Waals surface area contributed by atoms with Crippen molar-refractivity contribution in [3.63, 3.8) is 0 Å². The summed E-state index contributed by atoms with van der Waals surface area (Å²) < 4.78 is 10.5. The van der Waals surface area contributed by atoms with Gasteiger partial charge in [-0.1, -0.05) is 17.7 Å². The monoisotopic (exact) mass is 273 g/mol. The maximum Gasteiger partial charge on any atom is 0.255 e. The van der Waals surface area contributed by atoms with Crippen molar-refractivity contribution in [1.82, 2.24) is 5.32 Å². The normalized spacial score (nSPS) is 12.0. The molecule has 1 amide bonds. The van der Waals surface area contributed by atoms with Gasteiger partial charge in [0.1, 0.15) is 11.5 Å². The summed E-state index contributed by atoms with van der Waals surface area (Å²) in [6.45, 7) is 5.72. The maximum absolute atomic E-state index is 12.2. The molecule has 0 aliphatic heterocycles. The molecule has 0 fully saturated rings. The summed E-state index contributed by atoms with van der Waals surface area (Å²) in [4.78, 5) is 12.2. The molecular formula is C16H19NO3. The van der Waals surface area contributed by atoms with Crippen LogP contribution >= 0.6 is 0 Å². The van der Waals surface area contributed by atoms with Gasteiger partial charge >= 0.3 is 0 Å². The zero-order valence-electron chi connectivity index (χ0n) is 12.2.